The van der Waals surface area contributed by atoms with Crippen LogP contribution in [0.5, 0.6) is 28.7 Å². The third kappa shape index (κ3) is 7.24. The Labute approximate surface area is 263 Å². The number of carboxylic acid groups (broad SMARTS) is 1. The van der Waals surface area contributed by atoms with Crippen LogP contribution in [0.4, 0.5) is 0 Å². The predicted octanol–water partition coefficient (Wildman–Crippen LogP) is -1.13. The quantitative estimate of drug-likeness (QED) is 0.0559. The SMILES string of the molecule is O=C(O)CC(=O)OCC1O[C@@H](Oc2cc3c(O)cc(O)cc3[o+]c2-c2ccc(O)c(O)c2)C(O[C@@H]2OC[C@@H](O)C(O)[C@H]2O)C(O)[C@@H]1O. The van der Waals surface area contributed by atoms with Crippen LogP contribution in [0.2, 0.25) is 0 Å². The molecule has 2 aromatic carbocycles. The van der Waals surface area contributed by atoms with Crippen molar-refractivity contribution in [2.45, 2.75) is 61.7 Å². The Kier molecular flexibility index (Phi) is 9.84. The van der Waals surface area contributed by atoms with E-state index in [1.165, 1.54) is 12.1 Å². The highest BCUT2D eigenvalue weighted by atomic mass is 16.8. The first-order chi connectivity index (χ1) is 22.2. The molecule has 9 atom stereocenters. The van der Waals surface area contributed by atoms with Crippen LogP contribution >= 0.6 is 0 Å². The molecule has 0 amide bonds. The van der Waals surface area contributed by atoms with Crippen LogP contribution in [-0.4, -0.2) is 132 Å². The fourth-order valence-corrected chi connectivity index (χ4v) is 4.95. The van der Waals surface area contributed by atoms with E-state index < -0.39 is 104 Å². The van der Waals surface area contributed by atoms with Gasteiger partial charge in [0.2, 0.25) is 12.0 Å². The number of aliphatic hydroxyl groups excluding tert-OH is 5. The lowest BCUT2D eigenvalue weighted by atomic mass is 9.98. The number of ether oxygens (including phenoxy) is 5. The van der Waals surface area contributed by atoms with Crippen LogP contribution in [0.15, 0.2) is 40.8 Å². The minimum atomic E-state index is -1.96. The number of carboxylic acids is 1. The molecule has 0 bridgehead atoms. The van der Waals surface area contributed by atoms with Gasteiger partial charge in [0.1, 0.15) is 66.5 Å². The molecule has 18 nitrogen and oxygen atoms in total. The molecular weight excluding hydrogens is 636 g/mol. The molecule has 0 radical (unpaired) electrons. The molecule has 2 aliphatic rings. The van der Waals surface area contributed by atoms with Crippen molar-refractivity contribution in [3.05, 3.63) is 36.4 Å². The average Bonchev–Trinajstić information content (AvgIpc) is 3.01. The number of esters is 1. The van der Waals surface area contributed by atoms with Gasteiger partial charge in [-0.1, -0.05) is 0 Å². The summed E-state index contributed by atoms with van der Waals surface area (Å²) in [5.41, 5.74) is 0.0101. The Morgan fingerprint density at radius 2 is 1.60 bits per heavy atom. The first-order valence-corrected chi connectivity index (χ1v) is 14.0. The molecule has 0 spiro atoms. The highest BCUT2D eigenvalue weighted by Gasteiger charge is 2.51. The second-order valence-electron chi connectivity index (χ2n) is 10.8. The summed E-state index contributed by atoms with van der Waals surface area (Å²) in [4.78, 5) is 22.7. The van der Waals surface area contributed by atoms with E-state index in [-0.39, 0.29) is 33.8 Å². The smallest absolute Gasteiger partial charge is 0.402 e. The van der Waals surface area contributed by atoms with Gasteiger partial charge in [0, 0.05) is 18.2 Å². The molecule has 1 aromatic heterocycles. The summed E-state index contributed by atoms with van der Waals surface area (Å²) in [6.45, 7) is -1.27. The number of aromatic hydroxyl groups is 4. The predicted molar refractivity (Wildman–Crippen MR) is 150 cm³/mol. The lowest BCUT2D eigenvalue weighted by Crippen LogP contribution is -2.64. The van der Waals surface area contributed by atoms with Gasteiger partial charge >= 0.3 is 23.3 Å². The second kappa shape index (κ2) is 13.7. The van der Waals surface area contributed by atoms with Gasteiger partial charge in [0.25, 0.3) is 0 Å². The number of fused-ring (bicyclic) bond motifs is 1. The molecule has 2 aliphatic heterocycles. The Balaban J connectivity index is 1.55. The number of carbonyl (C=O) groups is 2. The zero-order chi connectivity index (χ0) is 34.2. The van der Waals surface area contributed by atoms with E-state index >= 15 is 0 Å². The highest BCUT2D eigenvalue weighted by Crippen LogP contribution is 2.42. The molecule has 0 aliphatic carbocycles. The first-order valence-electron chi connectivity index (χ1n) is 14.0. The standard InChI is InChI=1S/C29H30O18/c30-11-4-14(32)12-6-18(26(44-17(12)5-11)10-1-2-13(31)15(33)3-10)45-29-27(47-28-25(41)22(38)16(34)8-43-28)24(40)23(39)19(46-29)9-42-21(37)7-20(35)36/h1-6,16,19,22-25,27-29,34,38-41H,7-9H2,(H4-,30,31,32,33,35,36)/p+1/t16-,19?,22?,23-,24?,25-,27?,28+,29-/m1/s1. The molecular formula is C29H31O18+. The Morgan fingerprint density at radius 1 is 0.851 bits per heavy atom. The van der Waals surface area contributed by atoms with Gasteiger partial charge < -0.3 is 74.7 Å². The monoisotopic (exact) mass is 667 g/mol. The number of phenols is 4. The van der Waals surface area contributed by atoms with Crippen LogP contribution in [0.25, 0.3) is 22.3 Å². The van der Waals surface area contributed by atoms with Gasteiger partial charge in [-0.2, -0.15) is 0 Å². The van der Waals surface area contributed by atoms with E-state index in [9.17, 15) is 55.5 Å². The molecule has 0 saturated carbocycles. The van der Waals surface area contributed by atoms with Crippen LogP contribution in [0.3, 0.4) is 0 Å². The van der Waals surface area contributed by atoms with E-state index in [1.807, 2.05) is 0 Å². The minimum absolute atomic E-state index is 0.0132. The zero-order valence-electron chi connectivity index (χ0n) is 24.0. The van der Waals surface area contributed by atoms with Crippen molar-refractivity contribution < 1.29 is 88.8 Å². The number of hydrogen-bond acceptors (Lipinski definition) is 16. The third-order valence-electron chi connectivity index (χ3n) is 7.39. The lowest BCUT2D eigenvalue weighted by molar-refractivity contribution is -0.345. The van der Waals surface area contributed by atoms with E-state index in [0.29, 0.717) is 0 Å². The topological polar surface area (TPSA) is 294 Å². The summed E-state index contributed by atoms with van der Waals surface area (Å²) in [7, 11) is 0. The largest absolute Gasteiger partial charge is 0.507 e. The van der Waals surface area contributed by atoms with Gasteiger partial charge in [0.05, 0.1) is 18.2 Å². The second-order valence-corrected chi connectivity index (χ2v) is 10.8. The van der Waals surface area contributed by atoms with Crippen molar-refractivity contribution in [1.29, 1.82) is 0 Å². The average molecular weight is 668 g/mol. The van der Waals surface area contributed by atoms with Crippen molar-refractivity contribution >= 4 is 22.9 Å². The summed E-state index contributed by atoms with van der Waals surface area (Å²) >= 11 is 0. The van der Waals surface area contributed by atoms with Crippen molar-refractivity contribution in [3.8, 4) is 40.1 Å². The normalized spacial score (nSPS) is 29.3. The van der Waals surface area contributed by atoms with Crippen molar-refractivity contribution in [3.63, 3.8) is 0 Å². The van der Waals surface area contributed by atoms with Crippen LogP contribution in [0.1, 0.15) is 6.42 Å². The molecule has 254 valence electrons. The number of rotatable bonds is 9. The first kappa shape index (κ1) is 33.8. The summed E-state index contributed by atoms with van der Waals surface area (Å²) in [5, 5.41) is 102. The minimum Gasteiger partial charge on any atom is -0.507 e. The molecule has 3 aromatic rings. The third-order valence-corrected chi connectivity index (χ3v) is 7.39. The number of carbonyl (C=O) groups excluding carboxylic acids is 1. The van der Waals surface area contributed by atoms with E-state index in [1.54, 1.807) is 0 Å². The number of hydrogen-bond donors (Lipinski definition) is 10. The van der Waals surface area contributed by atoms with Gasteiger partial charge in [0.15, 0.2) is 23.9 Å². The highest BCUT2D eigenvalue weighted by molar-refractivity contribution is 5.90. The maximum Gasteiger partial charge on any atom is 0.402 e. The van der Waals surface area contributed by atoms with Gasteiger partial charge in [-0.3, -0.25) is 9.59 Å². The van der Waals surface area contributed by atoms with Crippen molar-refractivity contribution in [2.24, 2.45) is 0 Å². The van der Waals surface area contributed by atoms with Crippen LogP contribution in [0, 0.1) is 0 Å². The van der Waals surface area contributed by atoms with Gasteiger partial charge in [-0.15, -0.1) is 0 Å². The summed E-state index contributed by atoms with van der Waals surface area (Å²) < 4.78 is 33.6. The van der Waals surface area contributed by atoms with E-state index in [4.69, 9.17) is 33.2 Å². The molecule has 2 fully saturated rings. The molecule has 2 saturated heterocycles. The molecule has 18 heteroatoms. The summed E-state index contributed by atoms with van der Waals surface area (Å²) in [6, 6.07) is 6.91. The Morgan fingerprint density at radius 3 is 2.30 bits per heavy atom. The Bertz CT molecular complexity index is 1630. The Hall–Kier alpha value is -4.53. The van der Waals surface area contributed by atoms with E-state index in [2.05, 4.69) is 0 Å². The van der Waals surface area contributed by atoms with Crippen LogP contribution < -0.4 is 4.74 Å². The summed E-state index contributed by atoms with van der Waals surface area (Å²) in [5.74, 6) is -5.03. The number of aliphatic carboxylic acids is 1. The molecule has 47 heavy (non-hydrogen) atoms. The molecule has 10 N–H and O–H groups in total. The van der Waals surface area contributed by atoms with Crippen molar-refractivity contribution in [1.82, 2.24) is 0 Å². The maximum atomic E-state index is 11.9. The lowest BCUT2D eigenvalue weighted by Gasteiger charge is -2.44. The fourth-order valence-electron chi connectivity index (χ4n) is 4.95. The number of phenolic OH excluding ortho intramolecular Hbond substituents is 4. The number of aliphatic hydroxyl groups is 5. The zero-order valence-corrected chi connectivity index (χ0v) is 24.0. The number of benzene rings is 2. The van der Waals surface area contributed by atoms with Gasteiger partial charge in [-0.05, 0) is 12.1 Å². The van der Waals surface area contributed by atoms with Crippen molar-refractivity contribution in [2.75, 3.05) is 13.2 Å². The maximum absolute atomic E-state index is 11.9. The fraction of sp³-hybridized carbons (Fsp3) is 0.414. The van der Waals surface area contributed by atoms with Crippen LogP contribution in [-0.2, 0) is 28.5 Å². The summed E-state index contributed by atoms with van der Waals surface area (Å²) in [6.07, 6.45) is -16.8. The molecule has 4 unspecified atom stereocenters. The molecule has 5 rings (SSSR count). The van der Waals surface area contributed by atoms with Gasteiger partial charge in [-0.25, -0.2) is 4.42 Å². The van der Waals surface area contributed by atoms with E-state index in [0.717, 1.165) is 24.3 Å². The molecule has 3 heterocycles.